The second-order valence-electron chi connectivity index (χ2n) is 12.1. The van der Waals surface area contributed by atoms with Crippen molar-refractivity contribution in [1.82, 2.24) is 25.9 Å². The fraction of sp³-hybridized carbons (Fsp3) is 0.862. The third kappa shape index (κ3) is 27.0. The number of hydrogen-bond donors (Lipinski definition) is 7. The highest BCUT2D eigenvalue weighted by atomic mass is 16.7. The molecule has 0 radical (unpaired) electrons. The zero-order valence-electron chi connectivity index (χ0n) is 28.4. The van der Waals surface area contributed by atoms with E-state index >= 15 is 0 Å². The Morgan fingerprint density at radius 3 is 1.33 bits per heavy atom. The third-order valence-electron chi connectivity index (χ3n) is 5.62. The Hall–Kier alpha value is -2.36. The lowest BCUT2D eigenvalue weighted by Crippen LogP contribution is -2.64. The molecule has 14 nitrogen and oxygen atoms in total. The standard InChI is InChI=1S/C15H30N2O3.C6H9NO6.2C4H11N/c1-11(18)16-12-8-13(2,3)17(14(4,5)9-12)20-10-15(6,7)19;8-4(9)1-7(2-5(10)11)3-6(12)13;2*1-3-5-4-2/h12,19H,8-10H2,1-7H3,(H,16,18);1-3H2,(H,8,9)(H,10,11)(H,12,13);2*5H,3-4H2,1-2H3. The van der Waals surface area contributed by atoms with E-state index in [0.717, 1.165) is 43.9 Å². The van der Waals surface area contributed by atoms with Crippen molar-refractivity contribution in [2.75, 3.05) is 52.4 Å². The fourth-order valence-electron chi connectivity index (χ4n) is 4.47. The van der Waals surface area contributed by atoms with E-state index in [0.29, 0.717) is 0 Å². The zero-order chi connectivity index (χ0) is 34.4. The number of carbonyl (C=O) groups is 4. The van der Waals surface area contributed by atoms with Crippen molar-refractivity contribution in [1.29, 1.82) is 0 Å². The number of carboxylic acid groups (broad SMARTS) is 3. The van der Waals surface area contributed by atoms with E-state index in [4.69, 9.17) is 20.2 Å². The minimum atomic E-state index is -1.26. The lowest BCUT2D eigenvalue weighted by Gasteiger charge is -2.54. The third-order valence-corrected chi connectivity index (χ3v) is 5.62. The summed E-state index contributed by atoms with van der Waals surface area (Å²) in [6, 6.07) is 0.152. The summed E-state index contributed by atoms with van der Waals surface area (Å²) < 4.78 is 0. The Morgan fingerprint density at radius 1 is 0.791 bits per heavy atom. The van der Waals surface area contributed by atoms with E-state index in [1.807, 2.05) is 5.06 Å². The van der Waals surface area contributed by atoms with Crippen molar-refractivity contribution >= 4 is 23.8 Å². The van der Waals surface area contributed by atoms with Crippen molar-refractivity contribution < 1.29 is 44.4 Å². The van der Waals surface area contributed by atoms with Crippen LogP contribution in [0.2, 0.25) is 0 Å². The maximum atomic E-state index is 11.3. The molecule has 0 saturated carbocycles. The largest absolute Gasteiger partial charge is 0.480 e. The van der Waals surface area contributed by atoms with Gasteiger partial charge in [-0.3, -0.25) is 28.9 Å². The summed E-state index contributed by atoms with van der Waals surface area (Å²) in [6.45, 7) is 24.7. The monoisotopic (exact) mass is 623 g/mol. The van der Waals surface area contributed by atoms with Crippen LogP contribution in [0.4, 0.5) is 0 Å². The van der Waals surface area contributed by atoms with Crippen LogP contribution in [0.1, 0.15) is 89.0 Å². The van der Waals surface area contributed by atoms with Gasteiger partial charge < -0.3 is 36.4 Å². The highest BCUT2D eigenvalue weighted by molar-refractivity contribution is 5.75. The van der Waals surface area contributed by atoms with E-state index in [9.17, 15) is 24.3 Å². The molecule has 0 aromatic rings. The summed E-state index contributed by atoms with van der Waals surface area (Å²) in [5, 5.41) is 45.9. The molecule has 14 heteroatoms. The van der Waals surface area contributed by atoms with Crippen LogP contribution in [-0.4, -0.2) is 129 Å². The first-order valence-corrected chi connectivity index (χ1v) is 14.8. The summed E-state index contributed by atoms with van der Waals surface area (Å²) in [6.07, 6.45) is 1.64. The van der Waals surface area contributed by atoms with Gasteiger partial charge in [-0.15, -0.1) is 0 Å². The van der Waals surface area contributed by atoms with Crippen molar-refractivity contribution in [2.24, 2.45) is 0 Å². The van der Waals surface area contributed by atoms with Gasteiger partial charge in [0.25, 0.3) is 0 Å². The molecule has 1 rings (SSSR count). The van der Waals surface area contributed by atoms with Crippen LogP contribution in [0, 0.1) is 0 Å². The van der Waals surface area contributed by atoms with E-state index in [-0.39, 0.29) is 29.6 Å². The smallest absolute Gasteiger partial charge is 0.317 e. The Kier molecular flexibility index (Phi) is 24.2. The fourth-order valence-corrected chi connectivity index (χ4v) is 4.47. The Morgan fingerprint density at radius 2 is 1.12 bits per heavy atom. The number of carbonyl (C=O) groups excluding carboxylic acids is 1. The predicted octanol–water partition coefficient (Wildman–Crippen LogP) is 1.62. The maximum Gasteiger partial charge on any atom is 0.317 e. The number of nitrogens with one attached hydrogen (secondary N) is 3. The molecule has 0 aromatic carbocycles. The Bertz CT molecular complexity index is 736. The topological polar surface area (TPSA) is 201 Å². The molecule has 0 atom stereocenters. The highest BCUT2D eigenvalue weighted by Crippen LogP contribution is 2.38. The van der Waals surface area contributed by atoms with Crippen LogP contribution in [-0.2, 0) is 24.0 Å². The molecule has 1 amide bonds. The van der Waals surface area contributed by atoms with Gasteiger partial charge in [0, 0.05) is 24.0 Å². The molecule has 1 heterocycles. The van der Waals surface area contributed by atoms with Crippen LogP contribution in [0.25, 0.3) is 0 Å². The molecular formula is C29H61N5O9. The normalized spacial score (nSPS) is 15.9. The number of carboxylic acids is 3. The molecule has 256 valence electrons. The average molecular weight is 624 g/mol. The van der Waals surface area contributed by atoms with Crippen LogP contribution in [0.15, 0.2) is 0 Å². The number of aliphatic carboxylic acids is 3. The first-order valence-electron chi connectivity index (χ1n) is 14.8. The molecule has 0 spiro atoms. The van der Waals surface area contributed by atoms with Gasteiger partial charge in [0.15, 0.2) is 0 Å². The number of rotatable bonds is 14. The van der Waals surface area contributed by atoms with Crippen LogP contribution >= 0.6 is 0 Å². The molecule has 7 N–H and O–H groups in total. The molecular weight excluding hydrogens is 562 g/mol. The number of aliphatic hydroxyl groups is 1. The van der Waals surface area contributed by atoms with Crippen molar-refractivity contribution in [2.45, 2.75) is 112 Å². The molecule has 0 aromatic heterocycles. The first-order chi connectivity index (χ1) is 19.6. The summed E-state index contributed by atoms with van der Waals surface area (Å²) >= 11 is 0. The summed E-state index contributed by atoms with van der Waals surface area (Å²) in [5.74, 6) is -3.78. The minimum Gasteiger partial charge on any atom is -0.480 e. The van der Waals surface area contributed by atoms with Gasteiger partial charge in [-0.2, -0.15) is 5.06 Å². The zero-order valence-corrected chi connectivity index (χ0v) is 28.4. The average Bonchev–Trinajstić information content (AvgIpc) is 2.77. The molecule has 1 aliphatic rings. The lowest BCUT2D eigenvalue weighted by molar-refractivity contribution is -0.299. The second kappa shape index (κ2) is 23.1. The van der Waals surface area contributed by atoms with E-state index in [1.165, 1.54) is 0 Å². The summed E-state index contributed by atoms with van der Waals surface area (Å²) in [4.78, 5) is 48.4. The number of nitrogens with zero attached hydrogens (tertiary/aromatic N) is 2. The predicted molar refractivity (Wildman–Crippen MR) is 167 cm³/mol. The van der Waals surface area contributed by atoms with Gasteiger partial charge >= 0.3 is 17.9 Å². The first kappa shape index (κ1) is 45.1. The van der Waals surface area contributed by atoms with E-state index in [2.05, 4.69) is 71.3 Å². The minimum absolute atomic E-state index is 0.00691. The number of hydrogen-bond acceptors (Lipinski definition) is 10. The summed E-state index contributed by atoms with van der Waals surface area (Å²) in [7, 11) is 0. The second-order valence-corrected chi connectivity index (χ2v) is 12.1. The number of piperidine rings is 1. The lowest BCUT2D eigenvalue weighted by atomic mass is 9.79. The highest BCUT2D eigenvalue weighted by Gasteiger charge is 2.47. The van der Waals surface area contributed by atoms with Gasteiger partial charge in [-0.05, 0) is 80.6 Å². The molecule has 0 bridgehead atoms. The van der Waals surface area contributed by atoms with Crippen molar-refractivity contribution in [3.8, 4) is 0 Å². The molecule has 1 saturated heterocycles. The summed E-state index contributed by atoms with van der Waals surface area (Å²) in [5.41, 5.74) is -1.28. The number of amides is 1. The Balaban J connectivity index is -0.000000592. The van der Waals surface area contributed by atoms with Crippen LogP contribution < -0.4 is 16.0 Å². The van der Waals surface area contributed by atoms with Gasteiger partial charge in [-0.1, -0.05) is 27.7 Å². The molecule has 0 unspecified atom stereocenters. The maximum absolute atomic E-state index is 11.3. The van der Waals surface area contributed by atoms with Gasteiger partial charge in [0.1, 0.15) is 0 Å². The quantitative estimate of drug-likeness (QED) is 0.147. The van der Waals surface area contributed by atoms with Crippen molar-refractivity contribution in [3.63, 3.8) is 0 Å². The van der Waals surface area contributed by atoms with Gasteiger partial charge in [0.05, 0.1) is 31.8 Å². The van der Waals surface area contributed by atoms with E-state index in [1.54, 1.807) is 20.8 Å². The number of hydroxylamine groups is 2. The SMILES string of the molecule is CC(=O)NC1CC(C)(C)N(OCC(C)(C)O)C(C)(C)C1.CCNCC.CCNCC.O=C(O)CN(CC(=O)O)CC(=O)O. The molecule has 43 heavy (non-hydrogen) atoms. The van der Waals surface area contributed by atoms with Gasteiger partial charge in [0.2, 0.25) is 5.91 Å². The Labute approximate surface area is 258 Å². The van der Waals surface area contributed by atoms with E-state index < -0.39 is 43.1 Å². The molecule has 0 aliphatic carbocycles. The van der Waals surface area contributed by atoms with Gasteiger partial charge in [-0.25, -0.2) is 0 Å². The molecule has 1 fully saturated rings. The van der Waals surface area contributed by atoms with Crippen LogP contribution in [0.3, 0.4) is 0 Å². The molecule has 1 aliphatic heterocycles. The van der Waals surface area contributed by atoms with Crippen LogP contribution in [0.5, 0.6) is 0 Å². The van der Waals surface area contributed by atoms with Crippen molar-refractivity contribution in [3.05, 3.63) is 0 Å².